The van der Waals surface area contributed by atoms with Crippen molar-refractivity contribution in [2.24, 2.45) is 0 Å². The maximum absolute atomic E-state index is 10.9. The van der Waals surface area contributed by atoms with Gasteiger partial charge in [-0.1, -0.05) is 12.1 Å². The van der Waals surface area contributed by atoms with Crippen LogP contribution in [0.2, 0.25) is 0 Å². The Bertz CT molecular complexity index is 268. The summed E-state index contributed by atoms with van der Waals surface area (Å²) in [6, 6.07) is 7.40. The lowest BCUT2D eigenvalue weighted by Gasteiger charge is -1.99. The Morgan fingerprint density at radius 3 is 2.82 bits per heavy atom. The van der Waals surface area contributed by atoms with Gasteiger partial charge in [0.05, 0.1) is 0 Å². The number of hydrogen-bond acceptors (Lipinski definition) is 1. The molecule has 0 spiro atoms. The predicted octanol–water partition coefficient (Wildman–Crippen LogP) is 0.876. The highest BCUT2D eigenvalue weighted by Gasteiger charge is 1.98. The normalized spacial score (nSPS) is 9.64. The molecule has 0 bridgehead atoms. The molecule has 2 nitrogen and oxygen atoms in total. The monoisotopic (exact) mass is 149 g/mol. The first kappa shape index (κ1) is 7.95. The molecule has 0 unspecified atom stereocenters. The minimum Gasteiger partial charge on any atom is -0.446 e. The number of carbonyl (C=O) groups is 1. The van der Waals surface area contributed by atoms with Gasteiger partial charge in [-0.05, 0) is 13.0 Å². The van der Waals surface area contributed by atoms with Crippen LogP contribution in [0.25, 0.3) is 0 Å². The number of hydrogen-bond donors (Lipinski definition) is 1. The first-order valence-corrected chi connectivity index (χ1v) is 3.47. The third kappa shape index (κ3) is 1.88. The van der Waals surface area contributed by atoms with Gasteiger partial charge in [0, 0.05) is 11.6 Å². The van der Waals surface area contributed by atoms with E-state index in [0.717, 1.165) is 11.3 Å². The minimum absolute atomic E-state index is 0.0914. The first-order valence-electron chi connectivity index (χ1n) is 3.47. The van der Waals surface area contributed by atoms with Crippen molar-refractivity contribution in [3.05, 3.63) is 36.9 Å². The van der Waals surface area contributed by atoms with E-state index < -0.39 is 0 Å². The van der Waals surface area contributed by atoms with E-state index in [-0.39, 0.29) is 5.78 Å². The van der Waals surface area contributed by atoms with E-state index in [1.807, 2.05) is 18.2 Å². The summed E-state index contributed by atoms with van der Waals surface area (Å²) in [7, 11) is 3.62. The molecule has 0 fully saturated rings. The Hall–Kier alpha value is -1.15. The Kier molecular flexibility index (Phi) is 2.39. The Morgan fingerprint density at radius 1 is 1.55 bits per heavy atom. The van der Waals surface area contributed by atoms with Crippen molar-refractivity contribution >= 4 is 11.5 Å². The van der Waals surface area contributed by atoms with Gasteiger partial charge in [0.25, 0.3) is 0 Å². The van der Waals surface area contributed by atoms with Crippen LogP contribution in [0, 0.1) is 7.05 Å². The summed E-state index contributed by atoms with van der Waals surface area (Å²) in [4.78, 5) is 10.9. The zero-order valence-corrected chi connectivity index (χ0v) is 6.50. The SMILES string of the molecule is [CH2-][NH2+]c1cccc(C(C)=O)c1. The molecule has 1 aromatic carbocycles. The molecule has 58 valence electrons. The molecule has 0 saturated carbocycles. The first-order chi connectivity index (χ1) is 5.24. The second-order valence-electron chi connectivity index (χ2n) is 2.39. The lowest BCUT2D eigenvalue weighted by molar-refractivity contribution is -0.504. The lowest BCUT2D eigenvalue weighted by atomic mass is 10.1. The maximum Gasteiger partial charge on any atom is 0.160 e. The molecule has 0 heterocycles. The van der Waals surface area contributed by atoms with Gasteiger partial charge < -0.3 is 5.32 Å². The average molecular weight is 149 g/mol. The second-order valence-corrected chi connectivity index (χ2v) is 2.39. The number of Topliss-reactive ketones (excluding diaryl/α,β-unsaturated/α-hetero) is 1. The highest BCUT2D eigenvalue weighted by atomic mass is 16.1. The van der Waals surface area contributed by atoms with Gasteiger partial charge in [-0.3, -0.25) is 4.79 Å². The molecule has 0 aliphatic carbocycles. The molecule has 2 heteroatoms. The molecule has 0 atom stereocenters. The Balaban J connectivity index is 3.01. The summed E-state index contributed by atoms with van der Waals surface area (Å²) in [5.41, 5.74) is 1.72. The fourth-order valence-corrected chi connectivity index (χ4v) is 0.885. The van der Waals surface area contributed by atoms with Crippen LogP contribution < -0.4 is 5.32 Å². The van der Waals surface area contributed by atoms with Crippen molar-refractivity contribution in [1.82, 2.24) is 0 Å². The topological polar surface area (TPSA) is 33.7 Å². The van der Waals surface area contributed by atoms with E-state index in [0.29, 0.717) is 0 Å². The maximum atomic E-state index is 10.9. The van der Waals surface area contributed by atoms with E-state index in [2.05, 4.69) is 7.05 Å². The highest BCUT2D eigenvalue weighted by Crippen LogP contribution is 2.05. The second kappa shape index (κ2) is 3.30. The molecule has 0 radical (unpaired) electrons. The molecular weight excluding hydrogens is 138 g/mol. The van der Waals surface area contributed by atoms with Crippen LogP contribution in [0.4, 0.5) is 5.69 Å². The number of quaternary nitrogens is 1. The summed E-state index contributed by atoms with van der Waals surface area (Å²) >= 11 is 0. The van der Waals surface area contributed by atoms with Crippen molar-refractivity contribution < 1.29 is 10.1 Å². The summed E-state index contributed by atoms with van der Waals surface area (Å²) in [5.74, 6) is 0.0914. The number of rotatable bonds is 2. The van der Waals surface area contributed by atoms with Gasteiger partial charge in [-0.15, -0.1) is 7.05 Å². The molecule has 0 aliphatic rings. The van der Waals surface area contributed by atoms with Gasteiger partial charge in [-0.2, -0.15) is 0 Å². The van der Waals surface area contributed by atoms with E-state index in [4.69, 9.17) is 0 Å². The van der Waals surface area contributed by atoms with Crippen molar-refractivity contribution in [2.45, 2.75) is 6.92 Å². The summed E-state index contributed by atoms with van der Waals surface area (Å²) < 4.78 is 0. The number of benzene rings is 1. The van der Waals surface area contributed by atoms with Gasteiger partial charge >= 0.3 is 0 Å². The van der Waals surface area contributed by atoms with Crippen molar-refractivity contribution in [2.75, 3.05) is 0 Å². The molecule has 0 aromatic heterocycles. The third-order valence-corrected chi connectivity index (χ3v) is 1.53. The van der Waals surface area contributed by atoms with Crippen LogP contribution in [0.1, 0.15) is 17.3 Å². The summed E-state index contributed by atoms with van der Waals surface area (Å²) in [5, 5.41) is 1.73. The molecular formula is C9H11NO. The van der Waals surface area contributed by atoms with E-state index >= 15 is 0 Å². The summed E-state index contributed by atoms with van der Waals surface area (Å²) in [6.07, 6.45) is 0. The van der Waals surface area contributed by atoms with Crippen LogP contribution >= 0.6 is 0 Å². The fourth-order valence-electron chi connectivity index (χ4n) is 0.885. The fraction of sp³-hybridized carbons (Fsp3) is 0.111. The van der Waals surface area contributed by atoms with Gasteiger partial charge in [0.2, 0.25) is 0 Å². The van der Waals surface area contributed by atoms with Crippen LogP contribution in [0.5, 0.6) is 0 Å². The molecule has 2 N–H and O–H groups in total. The molecule has 0 aliphatic heterocycles. The number of ketones is 1. The van der Waals surface area contributed by atoms with E-state index in [9.17, 15) is 4.79 Å². The predicted molar refractivity (Wildman–Crippen MR) is 43.4 cm³/mol. The van der Waals surface area contributed by atoms with Crippen LogP contribution in [0.3, 0.4) is 0 Å². The smallest absolute Gasteiger partial charge is 0.160 e. The van der Waals surface area contributed by atoms with Crippen LogP contribution in [0.15, 0.2) is 24.3 Å². The zero-order valence-electron chi connectivity index (χ0n) is 6.50. The Labute approximate surface area is 66.2 Å². The van der Waals surface area contributed by atoms with E-state index in [1.54, 1.807) is 18.3 Å². The summed E-state index contributed by atoms with van der Waals surface area (Å²) in [6.45, 7) is 1.56. The van der Waals surface area contributed by atoms with Gasteiger partial charge in [0.1, 0.15) is 5.69 Å². The lowest BCUT2D eigenvalue weighted by Crippen LogP contribution is -2.69. The van der Waals surface area contributed by atoms with Crippen molar-refractivity contribution in [3.63, 3.8) is 0 Å². The van der Waals surface area contributed by atoms with Crippen molar-refractivity contribution in [3.8, 4) is 0 Å². The van der Waals surface area contributed by atoms with E-state index in [1.165, 1.54) is 0 Å². The molecule has 0 saturated heterocycles. The number of carbonyl (C=O) groups excluding carboxylic acids is 1. The number of nitrogens with two attached hydrogens (primary N) is 1. The molecule has 1 aromatic rings. The van der Waals surface area contributed by atoms with Crippen molar-refractivity contribution in [1.29, 1.82) is 0 Å². The zero-order chi connectivity index (χ0) is 8.27. The molecule has 0 amide bonds. The van der Waals surface area contributed by atoms with Crippen LogP contribution in [-0.4, -0.2) is 5.78 Å². The molecule has 11 heavy (non-hydrogen) atoms. The van der Waals surface area contributed by atoms with Crippen LogP contribution in [-0.2, 0) is 0 Å². The van der Waals surface area contributed by atoms with Gasteiger partial charge in [-0.25, -0.2) is 0 Å². The largest absolute Gasteiger partial charge is 0.446 e. The highest BCUT2D eigenvalue weighted by molar-refractivity contribution is 5.94. The van der Waals surface area contributed by atoms with Gasteiger partial charge in [0.15, 0.2) is 5.78 Å². The standard InChI is InChI=1S/C9H11NO/c1-7(11)8-4-3-5-9(6-8)10-2/h3-6H,2,10H2,1H3. The molecule has 1 rings (SSSR count). The average Bonchev–Trinajstić information content (AvgIpc) is 2.05. The third-order valence-electron chi connectivity index (χ3n) is 1.53. The quantitative estimate of drug-likeness (QED) is 0.378. The minimum atomic E-state index is 0.0914. The Morgan fingerprint density at radius 2 is 2.27 bits per heavy atom.